The zero-order chi connectivity index (χ0) is 19.5. The number of carbonyl (C=O) groups is 1. The summed E-state index contributed by atoms with van der Waals surface area (Å²) in [4.78, 5) is 17.4. The maximum atomic E-state index is 12.8. The van der Waals surface area contributed by atoms with Crippen LogP contribution in [0.1, 0.15) is 31.2 Å². The molecular formula is C22H26N2O4. The van der Waals surface area contributed by atoms with Crippen molar-refractivity contribution < 1.29 is 19.0 Å². The van der Waals surface area contributed by atoms with Gasteiger partial charge < -0.3 is 19.9 Å². The van der Waals surface area contributed by atoms with E-state index in [1.165, 1.54) is 0 Å². The van der Waals surface area contributed by atoms with E-state index in [1.807, 2.05) is 30.3 Å². The second kappa shape index (κ2) is 8.19. The van der Waals surface area contributed by atoms with Crippen molar-refractivity contribution >= 4 is 5.78 Å². The number of nitrogens with two attached hydrogens (primary N) is 1. The molecule has 6 nitrogen and oxygen atoms in total. The van der Waals surface area contributed by atoms with Crippen molar-refractivity contribution in [1.82, 2.24) is 4.98 Å². The van der Waals surface area contributed by atoms with Crippen molar-refractivity contribution in [3.63, 3.8) is 0 Å². The lowest BCUT2D eigenvalue weighted by atomic mass is 9.82. The Morgan fingerprint density at radius 2 is 1.96 bits per heavy atom. The number of hydrogen-bond donors (Lipinski definition) is 1. The maximum Gasteiger partial charge on any atom is 0.213 e. The predicted molar refractivity (Wildman–Crippen MR) is 106 cm³/mol. The number of Topliss-reactive ketones (excluding diaryl/α,β-unsaturated/α-hetero) is 1. The van der Waals surface area contributed by atoms with Gasteiger partial charge in [0, 0.05) is 30.0 Å². The topological polar surface area (TPSA) is 83.7 Å². The molecule has 1 aromatic carbocycles. The fourth-order valence-electron chi connectivity index (χ4n) is 3.97. The van der Waals surface area contributed by atoms with Crippen LogP contribution in [-0.4, -0.2) is 37.1 Å². The zero-order valence-corrected chi connectivity index (χ0v) is 16.1. The summed E-state index contributed by atoms with van der Waals surface area (Å²) < 4.78 is 16.9. The number of aromatic nitrogens is 1. The molecule has 0 saturated heterocycles. The highest BCUT2D eigenvalue weighted by Gasteiger charge is 2.25. The van der Waals surface area contributed by atoms with Gasteiger partial charge in [-0.1, -0.05) is 6.07 Å². The van der Waals surface area contributed by atoms with Crippen LogP contribution in [0.5, 0.6) is 17.4 Å². The minimum absolute atomic E-state index is 0.101. The van der Waals surface area contributed by atoms with Gasteiger partial charge in [-0.05, 0) is 49.4 Å². The molecule has 1 aromatic heterocycles. The number of ketones is 1. The van der Waals surface area contributed by atoms with Crippen LogP contribution in [0.3, 0.4) is 0 Å². The van der Waals surface area contributed by atoms with Gasteiger partial charge in [-0.3, -0.25) is 4.79 Å². The van der Waals surface area contributed by atoms with Crippen LogP contribution in [0.15, 0.2) is 30.3 Å². The highest BCUT2D eigenvalue weighted by Crippen LogP contribution is 2.40. The van der Waals surface area contributed by atoms with Gasteiger partial charge in [0.05, 0.1) is 12.8 Å². The first-order valence-electron chi connectivity index (χ1n) is 9.86. The number of nitrogens with zero attached hydrogens (tertiary/aromatic N) is 1. The van der Waals surface area contributed by atoms with Crippen LogP contribution < -0.4 is 19.9 Å². The summed E-state index contributed by atoms with van der Waals surface area (Å²) >= 11 is 0. The quantitative estimate of drug-likeness (QED) is 0.855. The summed E-state index contributed by atoms with van der Waals surface area (Å²) in [5.41, 5.74) is 8.43. The summed E-state index contributed by atoms with van der Waals surface area (Å²) in [6.07, 6.45) is 3.99. The molecule has 1 fully saturated rings. The van der Waals surface area contributed by atoms with Gasteiger partial charge in [0.15, 0.2) is 11.5 Å². The zero-order valence-electron chi connectivity index (χ0n) is 16.1. The minimum atomic E-state index is 0.101. The molecule has 0 amide bonds. The van der Waals surface area contributed by atoms with E-state index in [2.05, 4.69) is 4.98 Å². The van der Waals surface area contributed by atoms with Crippen molar-refractivity contribution in [2.75, 3.05) is 20.3 Å². The Morgan fingerprint density at radius 1 is 1.18 bits per heavy atom. The van der Waals surface area contributed by atoms with Crippen LogP contribution in [-0.2, 0) is 11.2 Å². The molecule has 148 valence electrons. The summed E-state index contributed by atoms with van der Waals surface area (Å²) in [6.45, 7) is 1.04. The molecule has 2 N–H and O–H groups in total. The summed E-state index contributed by atoms with van der Waals surface area (Å²) in [7, 11) is 1.58. The van der Waals surface area contributed by atoms with E-state index in [-0.39, 0.29) is 17.7 Å². The van der Waals surface area contributed by atoms with E-state index < -0.39 is 0 Å². The lowest BCUT2D eigenvalue weighted by Crippen LogP contribution is -2.30. The fraction of sp³-hybridized carbons (Fsp3) is 0.455. The Hall–Kier alpha value is -2.60. The molecule has 2 aromatic rings. The second-order valence-corrected chi connectivity index (χ2v) is 7.49. The van der Waals surface area contributed by atoms with Crippen molar-refractivity contribution in [2.24, 2.45) is 11.7 Å². The predicted octanol–water partition coefficient (Wildman–Crippen LogP) is 3.16. The number of ether oxygens (including phenoxy) is 3. The number of rotatable bonds is 5. The molecule has 2 aliphatic rings. The SMILES string of the molecule is COc1cc(CC(=O)C2CCC(N)CC2)cc(-c2cccc3c2OCCO3)n1. The number of methoxy groups -OCH3 is 1. The minimum Gasteiger partial charge on any atom is -0.486 e. The highest BCUT2D eigenvalue weighted by atomic mass is 16.6. The van der Waals surface area contributed by atoms with E-state index in [9.17, 15) is 4.79 Å². The van der Waals surface area contributed by atoms with Crippen LogP contribution >= 0.6 is 0 Å². The van der Waals surface area contributed by atoms with E-state index in [4.69, 9.17) is 19.9 Å². The first kappa shape index (κ1) is 18.7. The van der Waals surface area contributed by atoms with Crippen LogP contribution in [0, 0.1) is 5.92 Å². The number of hydrogen-bond acceptors (Lipinski definition) is 6. The van der Waals surface area contributed by atoms with Gasteiger partial charge in [0.25, 0.3) is 0 Å². The number of benzene rings is 1. The van der Waals surface area contributed by atoms with Crippen molar-refractivity contribution in [3.05, 3.63) is 35.9 Å². The monoisotopic (exact) mass is 382 g/mol. The summed E-state index contributed by atoms with van der Waals surface area (Å²) in [5, 5.41) is 0. The highest BCUT2D eigenvalue weighted by molar-refractivity contribution is 5.84. The molecule has 6 heteroatoms. The van der Waals surface area contributed by atoms with Gasteiger partial charge in [0.1, 0.15) is 19.0 Å². The van der Waals surface area contributed by atoms with E-state index >= 15 is 0 Å². The Labute approximate surface area is 165 Å². The number of pyridine rings is 1. The average Bonchev–Trinajstić information content (AvgIpc) is 2.73. The normalized spacial score (nSPS) is 21.2. The number of para-hydroxylation sites is 1. The first-order chi connectivity index (χ1) is 13.6. The molecule has 2 heterocycles. The number of carbonyl (C=O) groups excluding carboxylic acids is 1. The Balaban J connectivity index is 1.61. The standard InChI is InChI=1S/C22H26N2O4/c1-26-21-13-14(12-19(25)15-5-7-16(23)8-6-15)11-18(24-21)17-3-2-4-20-22(17)28-10-9-27-20/h2-4,11,13,15-16H,5-10,12,23H2,1H3. The van der Waals surface area contributed by atoms with Gasteiger partial charge in [0.2, 0.25) is 5.88 Å². The summed E-state index contributed by atoms with van der Waals surface area (Å²) in [6, 6.07) is 9.77. The molecule has 1 saturated carbocycles. The van der Waals surface area contributed by atoms with Gasteiger partial charge in [-0.2, -0.15) is 0 Å². The second-order valence-electron chi connectivity index (χ2n) is 7.49. The van der Waals surface area contributed by atoms with Gasteiger partial charge in [-0.15, -0.1) is 0 Å². The smallest absolute Gasteiger partial charge is 0.213 e. The average molecular weight is 382 g/mol. The molecule has 0 radical (unpaired) electrons. The molecule has 28 heavy (non-hydrogen) atoms. The lowest BCUT2D eigenvalue weighted by Gasteiger charge is -2.25. The van der Waals surface area contributed by atoms with Gasteiger partial charge >= 0.3 is 0 Å². The van der Waals surface area contributed by atoms with Crippen molar-refractivity contribution in [3.8, 4) is 28.6 Å². The first-order valence-corrected chi connectivity index (χ1v) is 9.86. The molecule has 0 unspecified atom stereocenters. The molecule has 1 aliphatic carbocycles. The Kier molecular flexibility index (Phi) is 5.48. The largest absolute Gasteiger partial charge is 0.486 e. The third-order valence-corrected chi connectivity index (χ3v) is 5.52. The van der Waals surface area contributed by atoms with E-state index in [0.29, 0.717) is 37.0 Å². The lowest BCUT2D eigenvalue weighted by molar-refractivity contribution is -0.123. The fourth-order valence-corrected chi connectivity index (χ4v) is 3.97. The number of fused-ring (bicyclic) bond motifs is 1. The molecule has 0 spiro atoms. The van der Waals surface area contributed by atoms with Crippen LogP contribution in [0.25, 0.3) is 11.3 Å². The van der Waals surface area contributed by atoms with Crippen LogP contribution in [0.4, 0.5) is 0 Å². The third kappa shape index (κ3) is 3.97. The molecular weight excluding hydrogens is 356 g/mol. The molecule has 0 atom stereocenters. The van der Waals surface area contributed by atoms with Gasteiger partial charge in [-0.25, -0.2) is 4.98 Å². The third-order valence-electron chi connectivity index (χ3n) is 5.52. The summed E-state index contributed by atoms with van der Waals surface area (Å²) in [5.74, 6) is 2.25. The molecule has 0 bridgehead atoms. The maximum absolute atomic E-state index is 12.8. The molecule has 4 rings (SSSR count). The van der Waals surface area contributed by atoms with E-state index in [0.717, 1.165) is 42.5 Å². The Morgan fingerprint density at radius 3 is 2.75 bits per heavy atom. The van der Waals surface area contributed by atoms with E-state index in [1.54, 1.807) is 7.11 Å². The Bertz CT molecular complexity index is 860. The van der Waals surface area contributed by atoms with Crippen molar-refractivity contribution in [2.45, 2.75) is 38.1 Å². The van der Waals surface area contributed by atoms with Crippen molar-refractivity contribution in [1.29, 1.82) is 0 Å². The molecule has 1 aliphatic heterocycles. The van der Waals surface area contributed by atoms with Crippen LogP contribution in [0.2, 0.25) is 0 Å².